The fourth-order valence-corrected chi connectivity index (χ4v) is 2.45. The summed E-state index contributed by atoms with van der Waals surface area (Å²) in [7, 11) is 0. The predicted octanol–water partition coefficient (Wildman–Crippen LogP) is 2.05. The summed E-state index contributed by atoms with van der Waals surface area (Å²) in [5.41, 5.74) is 2.01. The first kappa shape index (κ1) is 14.9. The van der Waals surface area contributed by atoms with Crippen LogP contribution in [0.5, 0.6) is 0 Å². The van der Waals surface area contributed by atoms with Crippen molar-refractivity contribution in [1.29, 1.82) is 0 Å². The van der Waals surface area contributed by atoms with E-state index in [9.17, 15) is 9.59 Å². The topological polar surface area (TPSA) is 74.7 Å². The van der Waals surface area contributed by atoms with E-state index in [1.54, 1.807) is 25.3 Å². The van der Waals surface area contributed by atoms with Gasteiger partial charge in [0.25, 0.3) is 5.91 Å². The zero-order valence-corrected chi connectivity index (χ0v) is 12.6. The quantitative estimate of drug-likeness (QED) is 0.878. The molecule has 0 saturated heterocycles. The summed E-state index contributed by atoms with van der Waals surface area (Å²) < 4.78 is 0. The van der Waals surface area contributed by atoms with Crippen molar-refractivity contribution in [2.24, 2.45) is 11.0 Å². The molecular weight excluding hydrogens is 292 g/mol. The number of hydrazone groups is 1. The third-order valence-corrected chi connectivity index (χ3v) is 3.56. The van der Waals surface area contributed by atoms with Crippen molar-refractivity contribution in [1.82, 2.24) is 9.99 Å². The minimum absolute atomic E-state index is 0.312. The van der Waals surface area contributed by atoms with Crippen LogP contribution >= 0.6 is 0 Å². The van der Waals surface area contributed by atoms with Crippen molar-refractivity contribution < 1.29 is 9.59 Å². The summed E-state index contributed by atoms with van der Waals surface area (Å²) in [6.07, 6.45) is 3.15. The van der Waals surface area contributed by atoms with Crippen molar-refractivity contribution in [2.45, 2.75) is 13.5 Å². The van der Waals surface area contributed by atoms with Crippen LogP contribution < -0.4 is 5.32 Å². The molecule has 3 rings (SSSR count). The second-order valence-electron chi connectivity index (χ2n) is 5.29. The normalized spacial score (nSPS) is 17.1. The smallest absolute Gasteiger partial charge is 0.261 e. The van der Waals surface area contributed by atoms with Crippen molar-refractivity contribution in [3.8, 4) is 0 Å². The fourth-order valence-electron chi connectivity index (χ4n) is 2.45. The van der Waals surface area contributed by atoms with E-state index in [2.05, 4.69) is 15.4 Å². The highest BCUT2D eigenvalue weighted by Gasteiger charge is 2.38. The SMILES string of the molecule is CC1=NN(Cc2ccccc2)C(=O)[C@H]1C(=O)Nc1cccnc1. The first-order chi connectivity index (χ1) is 11.1. The van der Waals surface area contributed by atoms with Gasteiger partial charge in [0.15, 0.2) is 5.92 Å². The first-order valence-electron chi connectivity index (χ1n) is 7.26. The van der Waals surface area contributed by atoms with E-state index >= 15 is 0 Å². The Hall–Kier alpha value is -3.02. The average Bonchev–Trinajstić information content (AvgIpc) is 2.83. The van der Waals surface area contributed by atoms with Crippen LogP contribution in [0.3, 0.4) is 0 Å². The Labute approximate surface area is 133 Å². The van der Waals surface area contributed by atoms with Crippen LogP contribution in [0.1, 0.15) is 12.5 Å². The summed E-state index contributed by atoms with van der Waals surface area (Å²) >= 11 is 0. The molecule has 0 aliphatic carbocycles. The number of rotatable bonds is 4. The lowest BCUT2D eigenvalue weighted by Crippen LogP contribution is -2.36. The number of benzene rings is 1. The summed E-state index contributed by atoms with van der Waals surface area (Å²) in [5, 5.41) is 8.28. The maximum Gasteiger partial charge on any atom is 0.261 e. The van der Waals surface area contributed by atoms with Crippen LogP contribution in [-0.4, -0.2) is 27.5 Å². The molecule has 1 aromatic carbocycles. The van der Waals surface area contributed by atoms with Crippen molar-refractivity contribution in [3.05, 3.63) is 60.4 Å². The number of nitrogens with one attached hydrogen (secondary N) is 1. The molecule has 23 heavy (non-hydrogen) atoms. The van der Waals surface area contributed by atoms with Gasteiger partial charge in [-0.1, -0.05) is 30.3 Å². The van der Waals surface area contributed by atoms with Crippen LogP contribution in [-0.2, 0) is 16.1 Å². The van der Waals surface area contributed by atoms with Gasteiger partial charge in [-0.2, -0.15) is 5.10 Å². The summed E-state index contributed by atoms with van der Waals surface area (Å²) in [4.78, 5) is 28.8. The fraction of sp³-hybridized carbons (Fsp3) is 0.176. The molecule has 0 spiro atoms. The molecule has 0 radical (unpaired) electrons. The molecule has 0 unspecified atom stereocenters. The highest BCUT2D eigenvalue weighted by molar-refractivity contribution is 6.24. The molecule has 0 bridgehead atoms. The monoisotopic (exact) mass is 308 g/mol. The molecule has 116 valence electrons. The van der Waals surface area contributed by atoms with Crippen molar-refractivity contribution >= 4 is 23.2 Å². The number of pyridine rings is 1. The summed E-state index contributed by atoms with van der Waals surface area (Å²) in [6.45, 7) is 2.05. The van der Waals surface area contributed by atoms with Gasteiger partial charge in [0, 0.05) is 6.20 Å². The molecule has 2 heterocycles. The maximum atomic E-state index is 12.5. The van der Waals surface area contributed by atoms with Gasteiger partial charge in [0.2, 0.25) is 5.91 Å². The highest BCUT2D eigenvalue weighted by atomic mass is 16.2. The van der Waals surface area contributed by atoms with E-state index in [1.165, 1.54) is 11.2 Å². The molecule has 6 heteroatoms. The molecule has 1 aliphatic rings. The molecular formula is C17H16N4O2. The van der Waals surface area contributed by atoms with Gasteiger partial charge in [-0.05, 0) is 24.6 Å². The van der Waals surface area contributed by atoms with Crippen LogP contribution in [0.15, 0.2) is 60.0 Å². The third-order valence-electron chi connectivity index (χ3n) is 3.56. The maximum absolute atomic E-state index is 12.5. The largest absolute Gasteiger partial charge is 0.324 e. The molecule has 0 saturated carbocycles. The Kier molecular flexibility index (Phi) is 4.14. The first-order valence-corrected chi connectivity index (χ1v) is 7.26. The number of amides is 2. The zero-order chi connectivity index (χ0) is 16.2. The Morgan fingerprint density at radius 1 is 1.22 bits per heavy atom. The molecule has 1 atom stereocenters. The lowest BCUT2D eigenvalue weighted by molar-refractivity contribution is -0.136. The number of aromatic nitrogens is 1. The van der Waals surface area contributed by atoms with E-state index in [0.29, 0.717) is 17.9 Å². The molecule has 6 nitrogen and oxygen atoms in total. The Morgan fingerprint density at radius 3 is 2.70 bits per heavy atom. The Bertz CT molecular complexity index is 744. The van der Waals surface area contributed by atoms with E-state index in [0.717, 1.165) is 5.56 Å². The number of anilines is 1. The standard InChI is InChI=1S/C17H16N4O2/c1-12-15(16(22)19-14-8-5-9-18-10-14)17(23)21(20-12)11-13-6-3-2-4-7-13/h2-10,15H,11H2,1H3,(H,19,22)/t15-/m1/s1. The van der Waals surface area contributed by atoms with Crippen LogP contribution in [0.25, 0.3) is 0 Å². The lowest BCUT2D eigenvalue weighted by Gasteiger charge is -2.14. The van der Waals surface area contributed by atoms with Gasteiger partial charge in [0.1, 0.15) is 0 Å². The molecule has 1 aliphatic heterocycles. The van der Waals surface area contributed by atoms with Crippen LogP contribution in [0.2, 0.25) is 0 Å². The second-order valence-corrected chi connectivity index (χ2v) is 5.29. The van der Waals surface area contributed by atoms with Crippen molar-refractivity contribution in [2.75, 3.05) is 5.32 Å². The van der Waals surface area contributed by atoms with Gasteiger partial charge < -0.3 is 5.32 Å². The van der Waals surface area contributed by atoms with Crippen LogP contribution in [0, 0.1) is 5.92 Å². The van der Waals surface area contributed by atoms with E-state index < -0.39 is 5.92 Å². The lowest BCUT2D eigenvalue weighted by atomic mass is 10.0. The molecule has 2 amide bonds. The van der Waals surface area contributed by atoms with Crippen LogP contribution in [0.4, 0.5) is 5.69 Å². The Morgan fingerprint density at radius 2 is 2.00 bits per heavy atom. The number of nitrogens with zero attached hydrogens (tertiary/aromatic N) is 3. The molecule has 1 aromatic heterocycles. The zero-order valence-electron chi connectivity index (χ0n) is 12.6. The Balaban J connectivity index is 1.71. The number of hydrogen-bond acceptors (Lipinski definition) is 4. The predicted molar refractivity (Wildman–Crippen MR) is 86.5 cm³/mol. The molecule has 0 fully saturated rings. The highest BCUT2D eigenvalue weighted by Crippen LogP contribution is 2.20. The van der Waals surface area contributed by atoms with Crippen molar-refractivity contribution in [3.63, 3.8) is 0 Å². The molecule has 1 N–H and O–H groups in total. The average molecular weight is 308 g/mol. The number of carbonyl (C=O) groups excluding carboxylic acids is 2. The van der Waals surface area contributed by atoms with E-state index in [4.69, 9.17) is 0 Å². The van der Waals surface area contributed by atoms with Gasteiger partial charge in [-0.25, -0.2) is 5.01 Å². The van der Waals surface area contributed by atoms with E-state index in [1.807, 2.05) is 30.3 Å². The minimum atomic E-state index is -0.890. The van der Waals surface area contributed by atoms with Gasteiger partial charge >= 0.3 is 0 Å². The van der Waals surface area contributed by atoms with E-state index in [-0.39, 0.29) is 11.8 Å². The summed E-state index contributed by atoms with van der Waals surface area (Å²) in [6, 6.07) is 13.0. The number of carbonyl (C=O) groups is 2. The van der Waals surface area contributed by atoms with Gasteiger partial charge in [-0.3, -0.25) is 14.6 Å². The second kappa shape index (κ2) is 6.39. The summed E-state index contributed by atoms with van der Waals surface area (Å²) in [5.74, 6) is -1.59. The van der Waals surface area contributed by atoms with Gasteiger partial charge in [0.05, 0.1) is 24.1 Å². The molecule has 2 aromatic rings. The third kappa shape index (κ3) is 3.26. The number of hydrogen-bond donors (Lipinski definition) is 1. The minimum Gasteiger partial charge on any atom is -0.324 e. The van der Waals surface area contributed by atoms with Gasteiger partial charge in [-0.15, -0.1) is 0 Å².